The van der Waals surface area contributed by atoms with E-state index in [1.165, 1.54) is 13.0 Å². The fraction of sp³-hybridized carbons (Fsp3) is 0.852. The van der Waals surface area contributed by atoms with E-state index in [0.29, 0.717) is 0 Å². The molecule has 0 radical (unpaired) electrons. The van der Waals surface area contributed by atoms with Crippen LogP contribution in [0, 0.1) is 0 Å². The minimum Gasteiger partial charge on any atom is -0.394 e. The topological polar surface area (TPSA) is 342 Å². The monoisotopic (exact) mass is 729 g/mol. The molecule has 21 nitrogen and oxygen atoms in total. The second kappa shape index (κ2) is 15.2. The zero-order chi connectivity index (χ0) is 36.1. The van der Waals surface area contributed by atoms with E-state index < -0.39 is 142 Å². The fourth-order valence-corrected chi connectivity index (χ4v) is 6.79. The van der Waals surface area contributed by atoms with Crippen LogP contribution in [-0.4, -0.2) is 208 Å². The Bertz CT molecular complexity index is 1240. The first-order valence-electron chi connectivity index (χ1n) is 15.4. The number of thiocarbonyl (C=S) groups is 1. The van der Waals surface area contributed by atoms with Crippen LogP contribution in [0.15, 0.2) is 11.6 Å². The smallest absolute Gasteiger partial charge is 0.282 e. The van der Waals surface area contributed by atoms with Gasteiger partial charge in [0.25, 0.3) is 11.6 Å². The van der Waals surface area contributed by atoms with Gasteiger partial charge in [-0.2, -0.15) is 0 Å². The highest BCUT2D eigenvalue weighted by Crippen LogP contribution is 2.33. The Kier molecular flexibility index (Phi) is 11.9. The van der Waals surface area contributed by atoms with Crippen molar-refractivity contribution in [2.75, 3.05) is 19.8 Å². The molecule has 4 fully saturated rings. The van der Waals surface area contributed by atoms with Gasteiger partial charge < -0.3 is 95.6 Å². The molecule has 1 unspecified atom stereocenters. The van der Waals surface area contributed by atoms with Crippen molar-refractivity contribution in [2.24, 2.45) is 0 Å². The van der Waals surface area contributed by atoms with Crippen molar-refractivity contribution in [3.05, 3.63) is 11.6 Å². The molecule has 0 aromatic heterocycles. The summed E-state index contributed by atoms with van der Waals surface area (Å²) in [5.74, 6) is -0.947. The molecule has 0 bridgehead atoms. The van der Waals surface area contributed by atoms with E-state index in [1.807, 2.05) is 0 Å². The zero-order valence-corrected chi connectivity index (χ0v) is 26.6. The second-order valence-corrected chi connectivity index (χ2v) is 13.0. The molecule has 4 heterocycles. The highest BCUT2D eigenvalue weighted by Gasteiger charge is 2.61. The summed E-state index contributed by atoms with van der Waals surface area (Å²) in [6.07, 6.45) is -25.3. The normalized spacial score (nSPS) is 50.6. The van der Waals surface area contributed by atoms with Gasteiger partial charge in [0.2, 0.25) is 0 Å². The summed E-state index contributed by atoms with van der Waals surface area (Å²) >= 11 is 4.88. The van der Waals surface area contributed by atoms with Gasteiger partial charge in [0.05, 0.1) is 38.0 Å². The van der Waals surface area contributed by atoms with E-state index in [0.717, 1.165) is 0 Å². The van der Waals surface area contributed by atoms with Gasteiger partial charge in [-0.15, -0.1) is 0 Å². The molecule has 0 aromatic rings. The minimum absolute atomic E-state index is 0.0173. The number of carbonyl (C=O) groups excluding carboxylic acids is 1. The summed E-state index contributed by atoms with van der Waals surface area (Å²) in [6.45, 7) is -0.664. The Labute approximate surface area is 283 Å². The lowest BCUT2D eigenvalue weighted by molar-refractivity contribution is -0.355. The lowest BCUT2D eigenvalue weighted by atomic mass is 9.86. The Balaban J connectivity index is 1.21. The molecule has 49 heavy (non-hydrogen) atoms. The third-order valence-electron chi connectivity index (χ3n) is 9.44. The standard InChI is InChI=1S/C27H43N3O18S/c1-6-11(28-8-2-7(3-31)12(33)16(37)13(8)34)15(36)19(40)24(45-6)47-21-9(4-32)46-23(20(41)17(21)38)44-5-10-14(35)18(39)22(42)27(48-10)25(43)29-26(49)30-27/h2,6,8-24,28,31-42H,3-5H2,1H3,(H2,29,30,43,49)/t6-,8+,9-,10-,11-,12-,13+,14-,15+,16+,17-,18+,19-,20-,21-,22-,23+,24-,27?/m1/s1. The molecule has 4 saturated heterocycles. The first-order valence-corrected chi connectivity index (χ1v) is 15.9. The van der Waals surface area contributed by atoms with Crippen LogP contribution in [0.5, 0.6) is 0 Å². The van der Waals surface area contributed by atoms with Gasteiger partial charge in [0.15, 0.2) is 17.7 Å². The fourth-order valence-electron chi connectivity index (χ4n) is 6.54. The number of amides is 1. The molecule has 5 aliphatic rings. The predicted octanol–water partition coefficient (Wildman–Crippen LogP) is -9.18. The first-order chi connectivity index (χ1) is 23.1. The van der Waals surface area contributed by atoms with Crippen molar-refractivity contribution >= 4 is 23.2 Å². The minimum atomic E-state index is -2.27. The molecule has 0 saturated carbocycles. The van der Waals surface area contributed by atoms with Gasteiger partial charge in [0, 0.05) is 0 Å². The number of aliphatic hydroxyl groups is 12. The van der Waals surface area contributed by atoms with Crippen molar-refractivity contribution in [2.45, 2.75) is 123 Å². The van der Waals surface area contributed by atoms with Gasteiger partial charge in [-0.1, -0.05) is 6.08 Å². The number of nitrogens with one attached hydrogen (secondary N) is 3. The molecule has 5 rings (SSSR count). The number of hydrogen-bond donors (Lipinski definition) is 15. The van der Waals surface area contributed by atoms with Crippen LogP contribution in [-0.2, 0) is 28.5 Å². The summed E-state index contributed by atoms with van der Waals surface area (Å²) in [7, 11) is 0. The molecule has 280 valence electrons. The lowest BCUT2D eigenvalue weighted by Crippen LogP contribution is -2.72. The Morgan fingerprint density at radius 3 is 2.14 bits per heavy atom. The molecule has 1 amide bonds. The van der Waals surface area contributed by atoms with Crippen LogP contribution >= 0.6 is 12.2 Å². The van der Waals surface area contributed by atoms with Crippen LogP contribution < -0.4 is 16.0 Å². The zero-order valence-electron chi connectivity index (χ0n) is 25.8. The highest BCUT2D eigenvalue weighted by atomic mass is 32.1. The van der Waals surface area contributed by atoms with E-state index in [1.54, 1.807) is 0 Å². The summed E-state index contributed by atoms with van der Waals surface area (Å²) in [5, 5.41) is 132. The van der Waals surface area contributed by atoms with Gasteiger partial charge in [-0.25, -0.2) is 0 Å². The van der Waals surface area contributed by atoms with Crippen molar-refractivity contribution in [3.8, 4) is 0 Å². The highest BCUT2D eigenvalue weighted by molar-refractivity contribution is 7.80. The molecule has 1 aliphatic carbocycles. The summed E-state index contributed by atoms with van der Waals surface area (Å²) in [6, 6.07) is -2.19. The summed E-state index contributed by atoms with van der Waals surface area (Å²) < 4.78 is 28.1. The molecule has 22 heteroatoms. The lowest BCUT2D eigenvalue weighted by Gasteiger charge is -2.48. The van der Waals surface area contributed by atoms with E-state index in [-0.39, 0.29) is 10.7 Å². The van der Waals surface area contributed by atoms with Gasteiger partial charge in [-0.3, -0.25) is 10.1 Å². The van der Waals surface area contributed by atoms with E-state index in [9.17, 15) is 66.1 Å². The third-order valence-corrected chi connectivity index (χ3v) is 9.65. The van der Waals surface area contributed by atoms with Crippen LogP contribution in [0.3, 0.4) is 0 Å². The maximum absolute atomic E-state index is 12.5. The van der Waals surface area contributed by atoms with Gasteiger partial charge in [-0.05, 0) is 24.7 Å². The third kappa shape index (κ3) is 7.11. The maximum atomic E-state index is 12.5. The molecule has 15 N–H and O–H groups in total. The van der Waals surface area contributed by atoms with Crippen molar-refractivity contribution < 1.29 is 89.8 Å². The number of rotatable bonds is 9. The molecule has 1 spiro atoms. The number of ether oxygens (including phenoxy) is 5. The van der Waals surface area contributed by atoms with Crippen LogP contribution in [0.2, 0.25) is 0 Å². The molecular formula is C27H43N3O18S. The number of aliphatic hydroxyl groups excluding tert-OH is 12. The molecule has 0 aromatic carbocycles. The van der Waals surface area contributed by atoms with E-state index in [4.69, 9.17) is 35.9 Å². The average Bonchev–Trinajstić information content (AvgIpc) is 3.36. The van der Waals surface area contributed by atoms with Gasteiger partial charge in [0.1, 0.15) is 79.4 Å². The van der Waals surface area contributed by atoms with Crippen LogP contribution in [0.25, 0.3) is 0 Å². The maximum Gasteiger partial charge on any atom is 0.282 e. The predicted molar refractivity (Wildman–Crippen MR) is 158 cm³/mol. The van der Waals surface area contributed by atoms with Crippen molar-refractivity contribution in [1.82, 2.24) is 16.0 Å². The van der Waals surface area contributed by atoms with E-state index in [2.05, 4.69) is 16.0 Å². The Morgan fingerprint density at radius 2 is 1.53 bits per heavy atom. The van der Waals surface area contributed by atoms with E-state index >= 15 is 0 Å². The average molecular weight is 730 g/mol. The SMILES string of the molecule is C[C@H]1O[C@H](O[C@H]2[C@H](O)[C@@H](O)[C@@H](OC[C@H]3OC4(NC(=S)NC4=O)[C@H](O)[C@@H](O)[C@@H]3O)O[C@@H]2CO)[C@H](O)[C@@H](O)[C@@H]1N[C@H]1C=C(CO)[C@@H](O)[C@H](O)[C@H]1O. The molecular weight excluding hydrogens is 686 g/mol. The first kappa shape index (κ1) is 38.6. The Hall–Kier alpha value is -1.62. The summed E-state index contributed by atoms with van der Waals surface area (Å²) in [5.41, 5.74) is -2.25. The quantitative estimate of drug-likeness (QED) is 0.0773. The van der Waals surface area contributed by atoms with Crippen molar-refractivity contribution in [3.63, 3.8) is 0 Å². The number of hydrogen-bond acceptors (Lipinski definition) is 20. The molecule has 19 atom stereocenters. The van der Waals surface area contributed by atoms with Gasteiger partial charge >= 0.3 is 0 Å². The largest absolute Gasteiger partial charge is 0.394 e. The summed E-state index contributed by atoms with van der Waals surface area (Å²) in [4.78, 5) is 12.5. The second-order valence-electron chi connectivity index (χ2n) is 12.6. The molecule has 4 aliphatic heterocycles. The van der Waals surface area contributed by atoms with Crippen LogP contribution in [0.4, 0.5) is 0 Å². The number of carbonyl (C=O) groups is 1. The van der Waals surface area contributed by atoms with Crippen LogP contribution in [0.1, 0.15) is 6.92 Å². The van der Waals surface area contributed by atoms with Crippen molar-refractivity contribution in [1.29, 1.82) is 0 Å². The Morgan fingerprint density at radius 1 is 0.857 bits per heavy atom.